The zero-order chi connectivity index (χ0) is 15.0. The second-order valence-electron chi connectivity index (χ2n) is 5.16. The number of nitrogens with two attached hydrogens (primary N) is 1. The quantitative estimate of drug-likeness (QED) is 0.715. The minimum atomic E-state index is 0.409. The van der Waals surface area contributed by atoms with Gasteiger partial charge in [-0.25, -0.2) is 0 Å². The lowest BCUT2D eigenvalue weighted by atomic mass is 9.99. The first-order chi connectivity index (χ1) is 10.0. The van der Waals surface area contributed by atoms with E-state index in [2.05, 4.69) is 53.1 Å². The van der Waals surface area contributed by atoms with Crippen LogP contribution >= 0.6 is 15.9 Å². The Bertz CT molecular complexity index is 771. The number of hydrogen-bond donors (Lipinski definition) is 1. The highest BCUT2D eigenvalue weighted by molar-refractivity contribution is 9.10. The van der Waals surface area contributed by atoms with E-state index >= 15 is 0 Å². The second kappa shape index (κ2) is 5.37. The van der Waals surface area contributed by atoms with Crippen LogP contribution in [0.1, 0.15) is 11.1 Å². The largest absolute Gasteiger partial charge is 0.380 e. The van der Waals surface area contributed by atoms with Gasteiger partial charge in [0.1, 0.15) is 0 Å². The number of aromatic nitrogens is 1. The Hall–Kier alpha value is -2.07. The van der Waals surface area contributed by atoms with Crippen LogP contribution in [0.2, 0.25) is 0 Å². The molecule has 2 N–H and O–H groups in total. The van der Waals surface area contributed by atoms with Gasteiger partial charge in [0, 0.05) is 10.0 Å². The summed E-state index contributed by atoms with van der Waals surface area (Å²) in [7, 11) is 0. The summed E-state index contributed by atoms with van der Waals surface area (Å²) in [6, 6.07) is 14.2. The van der Waals surface area contributed by atoms with Crippen LogP contribution in [0.5, 0.6) is 0 Å². The monoisotopic (exact) mass is 342 g/mol. The van der Waals surface area contributed by atoms with Crippen molar-refractivity contribution in [2.45, 2.75) is 13.8 Å². The average molecular weight is 343 g/mol. The van der Waals surface area contributed by atoms with Crippen LogP contribution in [-0.2, 0) is 0 Å². The number of nitrogens with zero attached hydrogens (tertiary/aromatic N) is 1. The summed E-state index contributed by atoms with van der Waals surface area (Å²) in [5.74, 6) is 1.12. The molecule has 0 radical (unpaired) electrons. The summed E-state index contributed by atoms with van der Waals surface area (Å²) < 4.78 is 6.51. The topological polar surface area (TPSA) is 52.0 Å². The summed E-state index contributed by atoms with van der Waals surface area (Å²) in [5.41, 5.74) is 11.2. The van der Waals surface area contributed by atoms with Crippen molar-refractivity contribution >= 4 is 21.7 Å². The SMILES string of the molecule is Cc1cc(C)cc(-c2onc(N)c2-c2ccc(Br)cc2)c1. The molecule has 3 rings (SSSR count). The molecule has 0 aliphatic heterocycles. The first kappa shape index (κ1) is 13.9. The molecule has 2 aromatic carbocycles. The minimum absolute atomic E-state index is 0.409. The molecule has 0 aliphatic carbocycles. The Labute approximate surface area is 131 Å². The molecule has 0 saturated heterocycles. The highest BCUT2D eigenvalue weighted by Gasteiger charge is 2.18. The van der Waals surface area contributed by atoms with Gasteiger partial charge in [0.05, 0.1) is 5.56 Å². The van der Waals surface area contributed by atoms with E-state index in [1.165, 1.54) is 11.1 Å². The van der Waals surface area contributed by atoms with E-state index in [0.717, 1.165) is 21.2 Å². The predicted molar refractivity (Wildman–Crippen MR) is 89.0 cm³/mol. The molecule has 3 aromatic rings. The van der Waals surface area contributed by atoms with Gasteiger partial charge >= 0.3 is 0 Å². The zero-order valence-corrected chi connectivity index (χ0v) is 13.4. The molecule has 3 nitrogen and oxygen atoms in total. The molecule has 0 bridgehead atoms. The van der Waals surface area contributed by atoms with Crippen LogP contribution in [0, 0.1) is 13.8 Å². The molecule has 0 amide bonds. The van der Waals surface area contributed by atoms with Crippen LogP contribution in [0.4, 0.5) is 5.82 Å². The molecule has 1 heterocycles. The summed E-state index contributed by atoms with van der Waals surface area (Å²) in [6.45, 7) is 4.13. The zero-order valence-electron chi connectivity index (χ0n) is 11.9. The molecule has 0 atom stereocenters. The van der Waals surface area contributed by atoms with Crippen molar-refractivity contribution in [3.63, 3.8) is 0 Å². The minimum Gasteiger partial charge on any atom is -0.380 e. The molecule has 0 saturated carbocycles. The number of aryl methyl sites for hydroxylation is 2. The Morgan fingerprint density at radius 1 is 0.952 bits per heavy atom. The predicted octanol–water partition coefficient (Wildman–Crippen LogP) is 4.97. The Morgan fingerprint density at radius 3 is 2.19 bits per heavy atom. The molecule has 0 aliphatic rings. The van der Waals surface area contributed by atoms with Crippen LogP contribution in [0.15, 0.2) is 51.5 Å². The highest BCUT2D eigenvalue weighted by Crippen LogP contribution is 2.37. The number of anilines is 1. The van der Waals surface area contributed by atoms with Crippen molar-refractivity contribution < 1.29 is 4.52 Å². The van der Waals surface area contributed by atoms with Crippen molar-refractivity contribution in [3.05, 3.63) is 58.1 Å². The third kappa shape index (κ3) is 2.72. The number of rotatable bonds is 2. The van der Waals surface area contributed by atoms with Gasteiger partial charge in [0.2, 0.25) is 0 Å². The van der Waals surface area contributed by atoms with Crippen molar-refractivity contribution in [1.29, 1.82) is 0 Å². The van der Waals surface area contributed by atoms with Gasteiger partial charge in [-0.05, 0) is 43.7 Å². The number of benzene rings is 2. The fourth-order valence-electron chi connectivity index (χ4n) is 2.50. The molecule has 1 aromatic heterocycles. The molecule has 4 heteroatoms. The number of nitrogen functional groups attached to an aromatic ring is 1. The van der Waals surface area contributed by atoms with E-state index < -0.39 is 0 Å². The standard InChI is InChI=1S/C17H15BrN2O/c1-10-7-11(2)9-13(8-10)16-15(17(19)20-21-16)12-3-5-14(18)6-4-12/h3-9H,1-2H3,(H2,19,20). The van der Waals surface area contributed by atoms with Gasteiger partial charge in [-0.1, -0.05) is 50.4 Å². The Morgan fingerprint density at radius 2 is 1.57 bits per heavy atom. The molecular formula is C17H15BrN2O. The van der Waals surface area contributed by atoms with E-state index in [-0.39, 0.29) is 0 Å². The summed E-state index contributed by atoms with van der Waals surface area (Å²) in [6.07, 6.45) is 0. The lowest BCUT2D eigenvalue weighted by Crippen LogP contribution is -1.89. The molecule has 21 heavy (non-hydrogen) atoms. The van der Waals surface area contributed by atoms with Crippen molar-refractivity contribution in [2.75, 3.05) is 5.73 Å². The van der Waals surface area contributed by atoms with Gasteiger partial charge in [0.15, 0.2) is 11.6 Å². The lowest BCUT2D eigenvalue weighted by molar-refractivity contribution is 0.436. The van der Waals surface area contributed by atoms with Crippen LogP contribution in [0.3, 0.4) is 0 Å². The highest BCUT2D eigenvalue weighted by atomic mass is 79.9. The lowest BCUT2D eigenvalue weighted by Gasteiger charge is -2.05. The second-order valence-corrected chi connectivity index (χ2v) is 6.07. The van der Waals surface area contributed by atoms with E-state index in [1.807, 2.05) is 24.3 Å². The van der Waals surface area contributed by atoms with Gasteiger partial charge in [-0.15, -0.1) is 0 Å². The fourth-order valence-corrected chi connectivity index (χ4v) is 2.77. The summed E-state index contributed by atoms with van der Waals surface area (Å²) >= 11 is 3.44. The third-order valence-corrected chi connectivity index (χ3v) is 3.86. The average Bonchev–Trinajstić information content (AvgIpc) is 2.80. The first-order valence-corrected chi connectivity index (χ1v) is 7.43. The maximum absolute atomic E-state index is 6.01. The normalized spacial score (nSPS) is 10.8. The number of halogens is 1. The maximum Gasteiger partial charge on any atom is 0.176 e. The van der Waals surface area contributed by atoms with Crippen LogP contribution in [0.25, 0.3) is 22.5 Å². The van der Waals surface area contributed by atoms with Gasteiger partial charge in [-0.2, -0.15) is 0 Å². The molecule has 0 fully saturated rings. The van der Waals surface area contributed by atoms with Crippen molar-refractivity contribution in [3.8, 4) is 22.5 Å². The maximum atomic E-state index is 6.01. The Kier molecular flexibility index (Phi) is 3.55. The third-order valence-electron chi connectivity index (χ3n) is 3.34. The van der Waals surface area contributed by atoms with Gasteiger partial charge < -0.3 is 10.3 Å². The summed E-state index contributed by atoms with van der Waals surface area (Å²) in [5, 5.41) is 3.94. The van der Waals surface area contributed by atoms with Crippen LogP contribution < -0.4 is 5.73 Å². The van der Waals surface area contributed by atoms with Crippen molar-refractivity contribution in [2.24, 2.45) is 0 Å². The van der Waals surface area contributed by atoms with E-state index in [4.69, 9.17) is 10.3 Å². The van der Waals surface area contributed by atoms with Crippen molar-refractivity contribution in [1.82, 2.24) is 5.16 Å². The van der Waals surface area contributed by atoms with Gasteiger partial charge in [-0.3, -0.25) is 0 Å². The first-order valence-electron chi connectivity index (χ1n) is 6.64. The molecular weight excluding hydrogens is 328 g/mol. The van der Waals surface area contributed by atoms with E-state index in [9.17, 15) is 0 Å². The Balaban J connectivity index is 2.19. The molecule has 106 valence electrons. The van der Waals surface area contributed by atoms with Gasteiger partial charge in [0.25, 0.3) is 0 Å². The molecule has 0 spiro atoms. The fraction of sp³-hybridized carbons (Fsp3) is 0.118. The smallest absolute Gasteiger partial charge is 0.176 e. The van der Waals surface area contributed by atoms with E-state index in [1.54, 1.807) is 0 Å². The molecule has 0 unspecified atom stereocenters. The number of hydrogen-bond acceptors (Lipinski definition) is 3. The van der Waals surface area contributed by atoms with E-state index in [0.29, 0.717) is 11.6 Å². The van der Waals surface area contributed by atoms with Crippen LogP contribution in [-0.4, -0.2) is 5.16 Å². The summed E-state index contributed by atoms with van der Waals surface area (Å²) in [4.78, 5) is 0.